The minimum Gasteiger partial charge on any atom is -0.368 e. The first-order valence-corrected chi connectivity index (χ1v) is 9.03. The Morgan fingerprint density at radius 2 is 1.62 bits per heavy atom. The van der Waals surface area contributed by atoms with Crippen LogP contribution in [0.3, 0.4) is 0 Å². The van der Waals surface area contributed by atoms with E-state index in [1.54, 1.807) is 0 Å². The summed E-state index contributed by atoms with van der Waals surface area (Å²) in [6.07, 6.45) is 0.729. The lowest BCUT2D eigenvalue weighted by molar-refractivity contribution is -0.138. The predicted molar refractivity (Wildman–Crippen MR) is 94.8 cm³/mol. The maximum atomic E-state index is 12.7. The van der Waals surface area contributed by atoms with Crippen LogP contribution >= 0.6 is 0 Å². The number of rotatable bonds is 5. The van der Waals surface area contributed by atoms with Crippen molar-refractivity contribution >= 4 is 17.5 Å². The smallest absolute Gasteiger partial charge is 0.226 e. The standard InChI is InChI=1S/C19H27N3O2/c1-3-20(4-2)18(23)16-14-17(16)19(24)22-12-10-21(11-13-22)15-8-6-5-7-9-15/h5-9,16-17H,3-4,10-14H2,1-2H3. The van der Waals surface area contributed by atoms with Gasteiger partial charge in [0.25, 0.3) is 0 Å². The van der Waals surface area contributed by atoms with E-state index >= 15 is 0 Å². The maximum Gasteiger partial charge on any atom is 0.226 e. The van der Waals surface area contributed by atoms with Gasteiger partial charge in [-0.3, -0.25) is 9.59 Å². The van der Waals surface area contributed by atoms with Gasteiger partial charge in [-0.15, -0.1) is 0 Å². The van der Waals surface area contributed by atoms with Gasteiger partial charge >= 0.3 is 0 Å². The van der Waals surface area contributed by atoms with Crippen LogP contribution in [0.2, 0.25) is 0 Å². The molecule has 2 unspecified atom stereocenters. The van der Waals surface area contributed by atoms with Crippen LogP contribution in [0.1, 0.15) is 20.3 Å². The molecular formula is C19H27N3O2. The van der Waals surface area contributed by atoms with E-state index in [1.165, 1.54) is 5.69 Å². The van der Waals surface area contributed by atoms with Crippen LogP contribution in [0, 0.1) is 11.8 Å². The van der Waals surface area contributed by atoms with E-state index < -0.39 is 0 Å². The summed E-state index contributed by atoms with van der Waals surface area (Å²) in [5.74, 6) is 0.167. The number of hydrogen-bond donors (Lipinski definition) is 0. The van der Waals surface area contributed by atoms with E-state index in [0.717, 1.165) is 45.7 Å². The van der Waals surface area contributed by atoms with Crippen LogP contribution in [0.4, 0.5) is 5.69 Å². The second kappa shape index (κ2) is 7.24. The second-order valence-corrected chi connectivity index (χ2v) is 6.61. The highest BCUT2D eigenvalue weighted by Gasteiger charge is 2.50. The van der Waals surface area contributed by atoms with Crippen LogP contribution < -0.4 is 4.90 Å². The topological polar surface area (TPSA) is 43.9 Å². The molecule has 1 saturated carbocycles. The monoisotopic (exact) mass is 329 g/mol. The van der Waals surface area contributed by atoms with Gasteiger partial charge in [0.1, 0.15) is 0 Å². The quantitative estimate of drug-likeness (QED) is 0.828. The Morgan fingerprint density at radius 3 is 2.21 bits per heavy atom. The molecule has 5 heteroatoms. The molecule has 2 atom stereocenters. The fourth-order valence-corrected chi connectivity index (χ4v) is 3.57. The van der Waals surface area contributed by atoms with E-state index in [1.807, 2.05) is 41.8 Å². The molecule has 5 nitrogen and oxygen atoms in total. The zero-order valence-electron chi connectivity index (χ0n) is 14.6. The molecule has 2 amide bonds. The van der Waals surface area contributed by atoms with Crippen LogP contribution in [-0.4, -0.2) is 60.9 Å². The molecule has 0 radical (unpaired) electrons. The van der Waals surface area contributed by atoms with Crippen molar-refractivity contribution < 1.29 is 9.59 Å². The third-order valence-corrected chi connectivity index (χ3v) is 5.21. The molecule has 1 heterocycles. The molecule has 0 N–H and O–H groups in total. The SMILES string of the molecule is CCN(CC)C(=O)C1CC1C(=O)N1CCN(c2ccccc2)CC1. The van der Waals surface area contributed by atoms with Gasteiger partial charge in [-0.1, -0.05) is 18.2 Å². The minimum atomic E-state index is -0.0821. The lowest BCUT2D eigenvalue weighted by Crippen LogP contribution is -2.49. The van der Waals surface area contributed by atoms with Gasteiger partial charge in [-0.25, -0.2) is 0 Å². The fraction of sp³-hybridized carbons (Fsp3) is 0.579. The highest BCUT2D eigenvalue weighted by Crippen LogP contribution is 2.41. The summed E-state index contributed by atoms with van der Waals surface area (Å²) in [6, 6.07) is 10.3. The third-order valence-electron chi connectivity index (χ3n) is 5.21. The molecule has 0 aromatic heterocycles. The summed E-state index contributed by atoms with van der Waals surface area (Å²) < 4.78 is 0. The summed E-state index contributed by atoms with van der Waals surface area (Å²) in [5, 5.41) is 0. The van der Waals surface area contributed by atoms with Crippen molar-refractivity contribution in [2.24, 2.45) is 11.8 Å². The van der Waals surface area contributed by atoms with Crippen molar-refractivity contribution in [2.45, 2.75) is 20.3 Å². The van der Waals surface area contributed by atoms with E-state index in [9.17, 15) is 9.59 Å². The number of amides is 2. The van der Waals surface area contributed by atoms with Gasteiger partial charge in [0.15, 0.2) is 0 Å². The van der Waals surface area contributed by atoms with Gasteiger partial charge in [0, 0.05) is 45.0 Å². The Bertz CT molecular complexity index is 578. The van der Waals surface area contributed by atoms with Gasteiger partial charge in [0.2, 0.25) is 11.8 Å². The number of piperazine rings is 1. The molecule has 1 aliphatic heterocycles. The van der Waals surface area contributed by atoms with Crippen molar-refractivity contribution in [1.29, 1.82) is 0 Å². The minimum absolute atomic E-state index is 0.0791. The lowest BCUT2D eigenvalue weighted by atomic mass is 10.2. The number of hydrogen-bond acceptors (Lipinski definition) is 3. The molecule has 1 aliphatic carbocycles. The van der Waals surface area contributed by atoms with Crippen LogP contribution in [-0.2, 0) is 9.59 Å². The average molecular weight is 329 g/mol. The number of anilines is 1. The number of nitrogens with zero attached hydrogens (tertiary/aromatic N) is 3. The van der Waals surface area contributed by atoms with Crippen molar-refractivity contribution in [1.82, 2.24) is 9.80 Å². The Labute approximate surface area is 144 Å². The largest absolute Gasteiger partial charge is 0.368 e. The Morgan fingerprint density at radius 1 is 1.00 bits per heavy atom. The maximum absolute atomic E-state index is 12.7. The van der Waals surface area contributed by atoms with Crippen molar-refractivity contribution in [3.05, 3.63) is 30.3 Å². The molecule has 2 aliphatic rings. The molecule has 2 fully saturated rings. The Balaban J connectivity index is 1.51. The molecule has 1 saturated heterocycles. The van der Waals surface area contributed by atoms with Crippen LogP contribution in [0.5, 0.6) is 0 Å². The van der Waals surface area contributed by atoms with E-state index in [4.69, 9.17) is 0 Å². The molecule has 0 spiro atoms. The van der Waals surface area contributed by atoms with Crippen molar-refractivity contribution in [2.75, 3.05) is 44.2 Å². The molecule has 24 heavy (non-hydrogen) atoms. The average Bonchev–Trinajstić information content (AvgIpc) is 3.44. The first-order chi connectivity index (χ1) is 11.7. The zero-order valence-corrected chi connectivity index (χ0v) is 14.6. The molecule has 130 valence electrons. The van der Waals surface area contributed by atoms with E-state index in [2.05, 4.69) is 17.0 Å². The van der Waals surface area contributed by atoms with Gasteiger partial charge in [-0.2, -0.15) is 0 Å². The van der Waals surface area contributed by atoms with Gasteiger partial charge in [0.05, 0.1) is 11.8 Å². The number of para-hydroxylation sites is 1. The van der Waals surface area contributed by atoms with Gasteiger partial charge < -0.3 is 14.7 Å². The summed E-state index contributed by atoms with van der Waals surface area (Å²) in [6.45, 7) is 8.64. The van der Waals surface area contributed by atoms with Crippen molar-refractivity contribution in [3.63, 3.8) is 0 Å². The molecule has 0 bridgehead atoms. The number of carbonyl (C=O) groups excluding carboxylic acids is 2. The highest BCUT2D eigenvalue weighted by atomic mass is 16.2. The number of carbonyl (C=O) groups is 2. The molecule has 1 aromatic carbocycles. The lowest BCUT2D eigenvalue weighted by Gasteiger charge is -2.36. The van der Waals surface area contributed by atoms with E-state index in [0.29, 0.717) is 0 Å². The fourth-order valence-electron chi connectivity index (χ4n) is 3.57. The van der Waals surface area contributed by atoms with Crippen molar-refractivity contribution in [3.8, 4) is 0 Å². The number of benzene rings is 1. The molecule has 3 rings (SSSR count). The first-order valence-electron chi connectivity index (χ1n) is 9.03. The predicted octanol–water partition coefficient (Wildman–Crippen LogP) is 1.84. The normalized spacial score (nSPS) is 23.1. The summed E-state index contributed by atoms with van der Waals surface area (Å²) in [7, 11) is 0. The summed E-state index contributed by atoms with van der Waals surface area (Å²) >= 11 is 0. The van der Waals surface area contributed by atoms with Crippen LogP contribution in [0.25, 0.3) is 0 Å². The molecule has 1 aromatic rings. The van der Waals surface area contributed by atoms with Gasteiger partial charge in [-0.05, 0) is 32.4 Å². The highest BCUT2D eigenvalue weighted by molar-refractivity contribution is 5.92. The Kier molecular flexibility index (Phi) is 5.07. The zero-order chi connectivity index (χ0) is 17.1. The van der Waals surface area contributed by atoms with E-state index in [-0.39, 0.29) is 23.7 Å². The third kappa shape index (κ3) is 3.40. The Hall–Kier alpha value is -2.04. The molecular weight excluding hydrogens is 302 g/mol. The summed E-state index contributed by atoms with van der Waals surface area (Å²) in [5.41, 5.74) is 1.21. The van der Waals surface area contributed by atoms with Crippen LogP contribution in [0.15, 0.2) is 30.3 Å². The first kappa shape index (κ1) is 16.8. The summed E-state index contributed by atoms with van der Waals surface area (Å²) in [4.78, 5) is 31.1. The second-order valence-electron chi connectivity index (χ2n) is 6.61.